The summed E-state index contributed by atoms with van der Waals surface area (Å²) in [5.74, 6) is 3.53. The highest BCUT2D eigenvalue weighted by Gasteiger charge is 2.21. The van der Waals surface area contributed by atoms with Crippen LogP contribution in [0, 0.1) is 0 Å². The van der Waals surface area contributed by atoms with E-state index in [-0.39, 0.29) is 11.0 Å². The zero-order chi connectivity index (χ0) is 9.52. The largest absolute Gasteiger partial charge is 0.374 e. The van der Waals surface area contributed by atoms with Gasteiger partial charge in [0.25, 0.3) is 0 Å². The first kappa shape index (κ1) is 11.4. The minimum Gasteiger partial charge on any atom is -0.374 e. The summed E-state index contributed by atoms with van der Waals surface area (Å²) in [7, 11) is 0. The topological polar surface area (TPSA) is 26.3 Å². The standard InChI is InChI=1S/C9H16O2S2/c1-2-3-11-6-8(10)9-7-12-4-5-13-9/h9H,2-7H2,1H3. The highest BCUT2D eigenvalue weighted by atomic mass is 32.2. The molecule has 0 bridgehead atoms. The van der Waals surface area contributed by atoms with Crippen LogP contribution in [0.3, 0.4) is 0 Å². The lowest BCUT2D eigenvalue weighted by Crippen LogP contribution is -2.27. The number of ketones is 1. The Morgan fingerprint density at radius 3 is 3.00 bits per heavy atom. The number of Topliss-reactive ketones (excluding diaryl/α,β-unsaturated/α-hetero) is 1. The van der Waals surface area contributed by atoms with E-state index in [4.69, 9.17) is 4.74 Å². The molecule has 0 aromatic carbocycles. The number of ether oxygens (including phenoxy) is 1. The van der Waals surface area contributed by atoms with Gasteiger partial charge in [-0.05, 0) is 6.42 Å². The summed E-state index contributed by atoms with van der Waals surface area (Å²) in [5, 5.41) is 0.190. The highest BCUT2D eigenvalue weighted by molar-refractivity contribution is 8.07. The maximum Gasteiger partial charge on any atom is 0.172 e. The number of hydrogen-bond donors (Lipinski definition) is 0. The maximum atomic E-state index is 11.5. The molecule has 0 aromatic rings. The van der Waals surface area contributed by atoms with Crippen molar-refractivity contribution < 1.29 is 9.53 Å². The van der Waals surface area contributed by atoms with E-state index in [0.717, 1.165) is 17.9 Å². The van der Waals surface area contributed by atoms with Crippen LogP contribution in [0.5, 0.6) is 0 Å². The van der Waals surface area contributed by atoms with Crippen LogP contribution in [0.1, 0.15) is 13.3 Å². The molecule has 1 atom stereocenters. The molecule has 1 saturated heterocycles. The molecule has 1 aliphatic rings. The zero-order valence-corrected chi connectivity index (χ0v) is 9.59. The second kappa shape index (κ2) is 6.74. The van der Waals surface area contributed by atoms with Crippen LogP contribution >= 0.6 is 23.5 Å². The van der Waals surface area contributed by atoms with Crippen molar-refractivity contribution in [2.24, 2.45) is 0 Å². The third-order valence-electron chi connectivity index (χ3n) is 1.77. The molecule has 1 unspecified atom stereocenters. The fraction of sp³-hybridized carbons (Fsp3) is 0.889. The Morgan fingerprint density at radius 1 is 1.54 bits per heavy atom. The first-order chi connectivity index (χ1) is 6.34. The van der Waals surface area contributed by atoms with Crippen LogP contribution in [0.15, 0.2) is 0 Å². The van der Waals surface area contributed by atoms with Crippen LogP contribution in [0.4, 0.5) is 0 Å². The molecule has 0 aliphatic carbocycles. The molecule has 1 aliphatic heterocycles. The minimum atomic E-state index is 0.190. The van der Waals surface area contributed by atoms with Gasteiger partial charge in [0.2, 0.25) is 0 Å². The Labute approximate surface area is 88.2 Å². The lowest BCUT2D eigenvalue weighted by Gasteiger charge is -2.19. The van der Waals surface area contributed by atoms with Crippen LogP contribution in [0.25, 0.3) is 0 Å². The van der Waals surface area contributed by atoms with Crippen LogP contribution in [-0.2, 0) is 9.53 Å². The van der Waals surface area contributed by atoms with Crippen LogP contribution in [0.2, 0.25) is 0 Å². The third-order valence-corrected chi connectivity index (χ3v) is 4.57. The summed E-state index contributed by atoms with van der Waals surface area (Å²) in [5.41, 5.74) is 0. The van der Waals surface area contributed by atoms with Gasteiger partial charge in [0.05, 0.1) is 5.25 Å². The molecule has 1 rings (SSSR count). The Bertz CT molecular complexity index is 156. The number of hydrogen-bond acceptors (Lipinski definition) is 4. The summed E-state index contributed by atoms with van der Waals surface area (Å²) < 4.78 is 5.23. The van der Waals surface area contributed by atoms with Gasteiger partial charge in [0.15, 0.2) is 5.78 Å². The Hall–Kier alpha value is 0.330. The molecule has 0 amide bonds. The molecule has 4 heteroatoms. The van der Waals surface area contributed by atoms with Crippen LogP contribution in [-0.4, -0.2) is 41.5 Å². The number of rotatable bonds is 5. The van der Waals surface area contributed by atoms with E-state index in [1.807, 2.05) is 11.8 Å². The van der Waals surface area contributed by atoms with E-state index in [2.05, 4.69) is 6.92 Å². The Morgan fingerprint density at radius 2 is 2.38 bits per heavy atom. The summed E-state index contributed by atoms with van der Waals surface area (Å²) in [6.45, 7) is 3.07. The predicted molar refractivity (Wildman–Crippen MR) is 59.7 cm³/mol. The first-order valence-electron chi connectivity index (χ1n) is 4.64. The van der Waals surface area contributed by atoms with Crippen molar-refractivity contribution in [3.63, 3.8) is 0 Å². The van der Waals surface area contributed by atoms with Gasteiger partial charge >= 0.3 is 0 Å². The predicted octanol–water partition coefficient (Wildman–Crippen LogP) is 1.83. The van der Waals surface area contributed by atoms with Gasteiger partial charge in [-0.2, -0.15) is 11.8 Å². The summed E-state index contributed by atoms with van der Waals surface area (Å²) >= 11 is 3.65. The average molecular weight is 220 g/mol. The second-order valence-electron chi connectivity index (χ2n) is 2.95. The summed E-state index contributed by atoms with van der Waals surface area (Å²) in [4.78, 5) is 11.5. The quantitative estimate of drug-likeness (QED) is 0.660. The van der Waals surface area contributed by atoms with Crippen molar-refractivity contribution in [3.8, 4) is 0 Å². The zero-order valence-electron chi connectivity index (χ0n) is 7.95. The number of carbonyl (C=O) groups excluding carboxylic acids is 1. The molecule has 1 heterocycles. The molecule has 0 saturated carbocycles. The smallest absolute Gasteiger partial charge is 0.172 e. The molecule has 13 heavy (non-hydrogen) atoms. The summed E-state index contributed by atoms with van der Waals surface area (Å²) in [6.07, 6.45) is 0.986. The van der Waals surface area contributed by atoms with Crippen molar-refractivity contribution in [1.82, 2.24) is 0 Å². The van der Waals surface area contributed by atoms with Gasteiger partial charge in [-0.25, -0.2) is 0 Å². The highest BCUT2D eigenvalue weighted by Crippen LogP contribution is 2.24. The molecule has 0 spiro atoms. The molecule has 76 valence electrons. The molecular formula is C9H16O2S2. The molecular weight excluding hydrogens is 204 g/mol. The molecule has 2 nitrogen and oxygen atoms in total. The minimum absolute atomic E-state index is 0.190. The van der Waals surface area contributed by atoms with Crippen molar-refractivity contribution in [3.05, 3.63) is 0 Å². The summed E-state index contributed by atoms with van der Waals surface area (Å²) in [6, 6.07) is 0. The van der Waals surface area contributed by atoms with Gasteiger partial charge in [0.1, 0.15) is 6.61 Å². The lowest BCUT2D eigenvalue weighted by atomic mass is 10.3. The van der Waals surface area contributed by atoms with Gasteiger partial charge in [-0.15, -0.1) is 11.8 Å². The maximum absolute atomic E-state index is 11.5. The molecule has 1 fully saturated rings. The molecule has 0 N–H and O–H groups in total. The van der Waals surface area contributed by atoms with E-state index in [0.29, 0.717) is 13.2 Å². The van der Waals surface area contributed by atoms with Gasteiger partial charge in [-0.3, -0.25) is 4.79 Å². The van der Waals surface area contributed by atoms with E-state index in [1.165, 1.54) is 5.75 Å². The van der Waals surface area contributed by atoms with Crippen LogP contribution < -0.4 is 0 Å². The normalized spacial score (nSPS) is 23.0. The Kier molecular flexibility index (Phi) is 5.91. The second-order valence-corrected chi connectivity index (χ2v) is 5.41. The van der Waals surface area contributed by atoms with E-state index < -0.39 is 0 Å². The third kappa shape index (κ3) is 4.38. The van der Waals surface area contributed by atoms with Crippen molar-refractivity contribution in [2.75, 3.05) is 30.5 Å². The average Bonchev–Trinajstić information content (AvgIpc) is 2.19. The number of carbonyl (C=O) groups is 1. The van der Waals surface area contributed by atoms with E-state index in [1.54, 1.807) is 11.8 Å². The lowest BCUT2D eigenvalue weighted by molar-refractivity contribution is -0.122. The van der Waals surface area contributed by atoms with Crippen molar-refractivity contribution >= 4 is 29.3 Å². The first-order valence-corrected chi connectivity index (χ1v) is 6.84. The fourth-order valence-corrected chi connectivity index (χ4v) is 3.72. The fourth-order valence-electron chi connectivity index (χ4n) is 1.08. The van der Waals surface area contributed by atoms with E-state index in [9.17, 15) is 4.79 Å². The Balaban J connectivity index is 2.13. The van der Waals surface area contributed by atoms with Gasteiger partial charge in [-0.1, -0.05) is 6.92 Å². The number of thioether (sulfide) groups is 2. The SMILES string of the molecule is CCCOCC(=O)C1CSCCS1. The molecule has 0 aromatic heterocycles. The van der Waals surface area contributed by atoms with Crippen molar-refractivity contribution in [2.45, 2.75) is 18.6 Å². The van der Waals surface area contributed by atoms with Gasteiger partial charge < -0.3 is 4.74 Å². The molecule has 0 radical (unpaired) electrons. The monoisotopic (exact) mass is 220 g/mol. The van der Waals surface area contributed by atoms with E-state index >= 15 is 0 Å². The van der Waals surface area contributed by atoms with Gasteiger partial charge in [0, 0.05) is 23.9 Å². The van der Waals surface area contributed by atoms with Crippen molar-refractivity contribution in [1.29, 1.82) is 0 Å².